The SMILES string of the molecule is CC(C)[C@H](NC(=O)OC(C)(C)C)C(=O)O.CC(C)[C@H](NC(=O)OC(C)(C)C)C(=O)OCCl.I[I-]I(I)I(I)I(I)I(I)I(I)I(I)I(I)I(I)I(I)I(I)I(I)I(I)I(I)I(I)I(I)I(I)I(I)I(I)I(I)I(I)I(I)I(I)I(I)I(I)I(I)I(I)I(I)I(I)I(I)I(I)I(I)I(I)I(I)I(I)I(I)I(I)I(I)I(I)I.O=S(=O)(Cl)OCCl. The summed E-state index contributed by atoms with van der Waals surface area (Å²) in [5, 5.41) is 13.6. The third kappa shape index (κ3) is 82.4. The van der Waals surface area contributed by atoms with Crippen molar-refractivity contribution >= 4 is 1110 Å². The van der Waals surface area contributed by atoms with Crippen molar-refractivity contribution in [1.82, 2.24) is 10.6 Å². The van der Waals surface area contributed by atoms with Crippen LogP contribution in [0.4, 0.5) is 9.59 Å². The zero-order valence-electron chi connectivity index (χ0n) is 53.7. The van der Waals surface area contributed by atoms with Gasteiger partial charge in [-0.15, -0.1) is 0 Å². The fourth-order valence-corrected chi connectivity index (χ4v) is 15300. The van der Waals surface area contributed by atoms with Gasteiger partial charge in [-0.05, 0) is 53.4 Å². The van der Waals surface area contributed by atoms with Crippen molar-refractivity contribution in [3.8, 4) is 0 Å². The molecule has 0 spiro atoms. The predicted octanol–water partition coefficient (Wildman–Crippen LogP) is 70.7. The number of ether oxygens (including phenoxy) is 3. The summed E-state index contributed by atoms with van der Waals surface area (Å²) >= 11 is 145. The van der Waals surface area contributed by atoms with Crippen LogP contribution in [-0.4, -0.2) is 73.1 Å². The Bertz CT molecular complexity index is 2910. The molecule has 0 rings (SSSR count). The van der Waals surface area contributed by atoms with Crippen molar-refractivity contribution in [3.05, 3.63) is 0 Å². The predicted molar refractivity (Wildman–Crippen MR) is 1240 cm³/mol. The minimum Gasteiger partial charge on any atom is -0.242 e. The van der Waals surface area contributed by atoms with Crippen LogP contribution in [0.25, 0.3) is 0 Å². The second-order valence-electron chi connectivity index (χ2n) is 16.5. The van der Waals surface area contributed by atoms with E-state index in [4.69, 9.17) is 37.8 Å². The molecule has 0 saturated carbocycles. The minimum absolute atomic E-state index is 0.113. The van der Waals surface area contributed by atoms with Crippen molar-refractivity contribution in [2.24, 2.45) is 11.8 Å². The van der Waals surface area contributed by atoms with E-state index in [0.717, 1.165) is 0 Å². The minimum atomic E-state index is -3.83. The maximum absolute atomic E-state index is 11.5. The number of rotatable bonds is 47. The molecule has 0 aromatic heterocycles. The molecule has 0 aliphatic heterocycles. The Morgan fingerprint density at radius 1 is 0.331 bits per heavy atom. The summed E-state index contributed by atoms with van der Waals surface area (Å²) in [5.41, 5.74) is -1.23. The number of halogens is 82. The average molecular weight is 10700 g/mol. The zero-order chi connectivity index (χ0) is 94.4. The van der Waals surface area contributed by atoms with Crippen LogP contribution >= 0.6 is 1080 Å². The van der Waals surface area contributed by atoms with Crippen molar-refractivity contribution in [1.29, 1.82) is 0 Å². The Kier molecular flexibility index (Phi) is 160. The molecule has 2 atom stereocenters. The number of carbonyl (C=O) groups is 4. The molecule has 0 unspecified atom stereocenters. The number of aliphatic carboxylic acids is 1. The summed E-state index contributed by atoms with van der Waals surface area (Å²) in [6.45, 7) is 17.4. The van der Waals surface area contributed by atoms with Crippen molar-refractivity contribution in [3.63, 3.8) is 0 Å². The second kappa shape index (κ2) is 105. The molecular weight excluding hydrogens is 10600 g/mol. The van der Waals surface area contributed by atoms with E-state index in [9.17, 15) is 27.6 Å². The number of carboxylic acid groups (broad SMARTS) is 1. The summed E-state index contributed by atoms with van der Waals surface area (Å²) in [4.78, 5) is 45.1. The molecule has 118 heavy (non-hydrogen) atoms. The summed E-state index contributed by atoms with van der Waals surface area (Å²) < 4.78 is 37.8. The van der Waals surface area contributed by atoms with Crippen LogP contribution in [0.5, 0.6) is 0 Å². The van der Waals surface area contributed by atoms with Crippen LogP contribution in [0.2, 0.25) is 0 Å². The molecule has 0 aliphatic carbocycles. The Labute approximate surface area is 1240 Å². The fourth-order valence-electron chi connectivity index (χ4n) is 3.20. The van der Waals surface area contributed by atoms with Crippen LogP contribution in [0.1, 0.15) is 69.2 Å². The van der Waals surface area contributed by atoms with Crippen molar-refractivity contribution in [2.75, 3.05) is 12.1 Å². The molecule has 0 aliphatic rings. The first-order valence-electron chi connectivity index (χ1n) is 22.6. The first-order valence-corrected chi connectivity index (χ1v) is 516. The van der Waals surface area contributed by atoms with Gasteiger partial charge in [0.15, 0.2) is 6.07 Å². The smallest absolute Gasteiger partial charge is 0.242 e. The molecule has 0 fully saturated rings. The van der Waals surface area contributed by atoms with Gasteiger partial charge in [0, 0.05) is 10.7 Å². The van der Waals surface area contributed by atoms with Gasteiger partial charge in [-0.25, -0.2) is 23.4 Å². The van der Waals surface area contributed by atoms with Gasteiger partial charge in [-0.2, -0.15) is 8.42 Å². The van der Waals surface area contributed by atoms with E-state index in [1.165, 1.54) is 0 Å². The number of esters is 1. The van der Waals surface area contributed by atoms with E-state index >= 15 is 0 Å². The summed E-state index contributed by atoms with van der Waals surface area (Å²) in [7, 11) is -21.5. The standard InChI is InChI=1S/C11H20ClNO4.C10H19NO4.CH2Cl2O3S.I79/c1-7(2)8(9(14)16-6-12)13-10(15)17-11(3,4)5;1-6(2)7(8(12)13)11-9(14)15-10(3,4)5;2-1-6-7(3,4)5;1-41-43(4)45(6)47(8)49(10)51(12)53(14)55(16)57(18)59(20)61(22)63(24)65(26)67(28)69(30)71(32)73(34)75(36)77(38)79(40)78(39)76(37)74(35)72(33)70(31)68(29)66(27)64(25)62(23)60(21)58(19)56(17)54(15)52(13)50(11)48(9)46(7)44(5)42(2)3/h7-8H,6H2,1-5H3,(H,13,15);6-7H,1-5H3,(H,11,14)(H,12,13);1H2;/q;;;-1/t8-;7-;;/m00../s1. The first-order chi connectivity index (χ1) is 53.3. The van der Waals surface area contributed by atoms with Crippen LogP contribution in [0, 0.1) is 11.8 Å². The van der Waals surface area contributed by atoms with Gasteiger partial charge in [0.1, 0.15) is 29.4 Å². The van der Waals surface area contributed by atoms with E-state index in [-0.39, 0.29) is 17.9 Å². The topological polar surface area (TPSA) is 184 Å². The number of hydrogen-bond acceptors (Lipinski definition) is 10. The summed E-state index contributed by atoms with van der Waals surface area (Å²) in [6, 6.07) is -2.35. The summed E-state index contributed by atoms with van der Waals surface area (Å²) in [6.07, 6.45) is -1.36. The zero-order valence-corrected chi connectivity index (χ0v) is 227. The quantitative estimate of drug-likeness (QED) is 0.0173. The molecule has 786 valence electrons. The van der Waals surface area contributed by atoms with E-state index in [0.29, 0.717) is 13.3 Å². The molecule has 0 saturated heterocycles. The largest absolute Gasteiger partial charge is 0.356 e. The van der Waals surface area contributed by atoms with E-state index in [1.54, 1.807) is 69.2 Å². The number of nitrogens with one attached hydrogen (secondary N) is 2. The molecule has 0 bridgehead atoms. The van der Waals surface area contributed by atoms with Gasteiger partial charge in [0.25, 0.3) is 0 Å². The number of carboxylic acids is 1. The van der Waals surface area contributed by atoms with E-state index in [2.05, 4.69) is 775 Å². The number of hydrogen-bond donors (Lipinski definition) is 3. The Morgan fingerprint density at radius 3 is 0.619 bits per heavy atom. The third-order valence-corrected chi connectivity index (χ3v) is 6200. The molecule has 0 radical (unpaired) electrons. The molecule has 13 nitrogen and oxygen atoms in total. The molecule has 96 heteroatoms. The van der Waals surface area contributed by atoms with Crippen LogP contribution < -0.4 is 23.9 Å². The van der Waals surface area contributed by atoms with Gasteiger partial charge in [0.2, 0.25) is 0 Å². The molecule has 3 N–H and O–H groups in total. The van der Waals surface area contributed by atoms with Gasteiger partial charge in [-0.1, -0.05) is 50.9 Å². The maximum Gasteiger partial charge on any atom is 0.356 e. The monoisotopic (exact) mass is 10700 g/mol. The van der Waals surface area contributed by atoms with Crippen LogP contribution in [0.3, 0.4) is 0 Å². The van der Waals surface area contributed by atoms with E-state index < -0.39 is 363 Å². The normalized spacial score (nSPS) is 17.0. The number of alkyl halides is 2. The molecule has 2 amide bonds. The summed E-state index contributed by atoms with van der Waals surface area (Å²) in [5.74, 6) is -1.93. The third-order valence-electron chi connectivity index (χ3n) is 6.64. The van der Waals surface area contributed by atoms with E-state index in [1.807, 2.05) is 0 Å². The number of alkyl carbamates (subject to hydrolysis) is 2. The molecule has 0 aromatic carbocycles. The fraction of sp³-hybridized carbons (Fsp3) is 0.818. The van der Waals surface area contributed by atoms with Gasteiger partial charge in [-0.3, -0.25) is 0 Å². The first kappa shape index (κ1) is 180. The van der Waals surface area contributed by atoms with Crippen molar-refractivity contribution in [2.45, 2.75) is 92.5 Å². The Balaban J connectivity index is -0.00000134. The Morgan fingerprint density at radius 2 is 0.500 bits per heavy atom. The average Bonchev–Trinajstić information content (AvgIpc) is 0.818. The Hall–Kier alpha value is 55.9. The molecule has 0 heterocycles. The molecular formula is C22H41Cl3I79N2O11S-. The van der Waals surface area contributed by atoms with Gasteiger partial charge in [0.05, 0.1) is 0 Å². The van der Waals surface area contributed by atoms with Crippen molar-refractivity contribution < 1.29 is 64.4 Å². The van der Waals surface area contributed by atoms with Crippen LogP contribution in [0.15, 0.2) is 0 Å². The number of amides is 2. The second-order valence-corrected chi connectivity index (χ2v) is 1890. The van der Waals surface area contributed by atoms with Crippen LogP contribution in [-0.2, 0) is 37.3 Å². The van der Waals surface area contributed by atoms with Gasteiger partial charge < -0.3 is 30.0 Å². The molecule has 0 aromatic rings. The van der Waals surface area contributed by atoms with Gasteiger partial charge >= 0.3 is 1090 Å². The number of carbonyl (C=O) groups excluding carboxylic acids is 3. The maximum atomic E-state index is 11.5.